The molecule has 0 atom stereocenters. The van der Waals surface area contributed by atoms with Gasteiger partial charge in [-0.3, -0.25) is 9.59 Å². The third kappa shape index (κ3) is 3.67. The van der Waals surface area contributed by atoms with Gasteiger partial charge in [0.05, 0.1) is 19.0 Å². The monoisotopic (exact) mass is 369 g/mol. The van der Waals surface area contributed by atoms with E-state index in [0.717, 1.165) is 0 Å². The minimum atomic E-state index is -0.364. The van der Waals surface area contributed by atoms with Crippen molar-refractivity contribution in [3.05, 3.63) is 53.3 Å². The van der Waals surface area contributed by atoms with Crippen molar-refractivity contribution in [1.82, 2.24) is 20.3 Å². The lowest BCUT2D eigenvalue weighted by Gasteiger charge is -2.11. The zero-order valence-electron chi connectivity index (χ0n) is 14.0. The Bertz CT molecular complexity index is 943. The molecule has 9 heteroatoms. The fourth-order valence-electron chi connectivity index (χ4n) is 2.17. The standard InChI is InChI=1S/C17H15N5O3S/c1-18-15(23)10-4-5-12(25-2)11(8-10)22-16(24)13-9-21-17(26-13)14-19-6-3-7-20-14/h3-9H,1-2H3,(H,18,23)(H,22,24). The molecule has 0 radical (unpaired) electrons. The molecular formula is C17H15N5O3S. The summed E-state index contributed by atoms with van der Waals surface area (Å²) in [5.41, 5.74) is 0.802. The van der Waals surface area contributed by atoms with Crippen LogP contribution in [0, 0.1) is 0 Å². The van der Waals surface area contributed by atoms with E-state index in [1.807, 2.05) is 0 Å². The van der Waals surface area contributed by atoms with Crippen molar-refractivity contribution in [1.29, 1.82) is 0 Å². The second-order valence-corrected chi connectivity index (χ2v) is 6.08. The Morgan fingerprint density at radius 1 is 1.12 bits per heavy atom. The number of rotatable bonds is 5. The predicted octanol–water partition coefficient (Wildman–Crippen LogP) is 2.22. The molecule has 26 heavy (non-hydrogen) atoms. The van der Waals surface area contributed by atoms with Gasteiger partial charge in [-0.05, 0) is 24.3 Å². The van der Waals surface area contributed by atoms with Crippen LogP contribution in [0.1, 0.15) is 20.0 Å². The van der Waals surface area contributed by atoms with Gasteiger partial charge in [0.15, 0.2) is 10.8 Å². The molecule has 0 spiro atoms. The van der Waals surface area contributed by atoms with Crippen molar-refractivity contribution < 1.29 is 14.3 Å². The van der Waals surface area contributed by atoms with Crippen molar-refractivity contribution in [2.75, 3.05) is 19.5 Å². The van der Waals surface area contributed by atoms with Crippen LogP contribution >= 0.6 is 11.3 Å². The highest BCUT2D eigenvalue weighted by Gasteiger charge is 2.16. The molecule has 2 N–H and O–H groups in total. The summed E-state index contributed by atoms with van der Waals surface area (Å²) in [7, 11) is 3.03. The first-order valence-corrected chi connectivity index (χ1v) is 8.38. The number of benzene rings is 1. The average molecular weight is 369 g/mol. The molecule has 8 nitrogen and oxygen atoms in total. The van der Waals surface area contributed by atoms with Crippen LogP contribution in [0.2, 0.25) is 0 Å². The molecule has 0 bridgehead atoms. The van der Waals surface area contributed by atoms with E-state index in [4.69, 9.17) is 4.74 Å². The largest absolute Gasteiger partial charge is 0.495 e. The lowest BCUT2D eigenvalue weighted by Crippen LogP contribution is -2.18. The van der Waals surface area contributed by atoms with Gasteiger partial charge in [-0.1, -0.05) is 0 Å². The van der Waals surface area contributed by atoms with Gasteiger partial charge in [0.2, 0.25) is 0 Å². The normalized spacial score (nSPS) is 10.2. The maximum Gasteiger partial charge on any atom is 0.267 e. The quantitative estimate of drug-likeness (QED) is 0.714. The zero-order valence-corrected chi connectivity index (χ0v) is 14.8. The number of carbonyl (C=O) groups excluding carboxylic acids is 2. The van der Waals surface area contributed by atoms with Crippen LogP contribution < -0.4 is 15.4 Å². The number of hydrogen-bond acceptors (Lipinski definition) is 7. The Morgan fingerprint density at radius 3 is 2.58 bits per heavy atom. The number of methoxy groups -OCH3 is 1. The van der Waals surface area contributed by atoms with E-state index in [-0.39, 0.29) is 11.8 Å². The summed E-state index contributed by atoms with van der Waals surface area (Å²) >= 11 is 1.17. The first kappa shape index (κ1) is 17.5. The van der Waals surface area contributed by atoms with E-state index in [1.54, 1.807) is 36.7 Å². The highest BCUT2D eigenvalue weighted by Crippen LogP contribution is 2.28. The third-order valence-corrected chi connectivity index (χ3v) is 4.42. The molecule has 3 aromatic rings. The van der Waals surface area contributed by atoms with Crippen LogP contribution in [0.25, 0.3) is 10.8 Å². The van der Waals surface area contributed by atoms with E-state index in [9.17, 15) is 9.59 Å². The van der Waals surface area contributed by atoms with Gasteiger partial charge in [-0.2, -0.15) is 0 Å². The van der Waals surface area contributed by atoms with Crippen molar-refractivity contribution in [2.24, 2.45) is 0 Å². The number of anilines is 1. The molecule has 2 aromatic heterocycles. The Morgan fingerprint density at radius 2 is 1.88 bits per heavy atom. The first-order chi connectivity index (χ1) is 12.6. The average Bonchev–Trinajstić information content (AvgIpc) is 3.18. The van der Waals surface area contributed by atoms with Gasteiger partial charge >= 0.3 is 0 Å². The highest BCUT2D eigenvalue weighted by atomic mass is 32.1. The summed E-state index contributed by atoms with van der Waals surface area (Å²) in [5.74, 6) is 0.277. The van der Waals surface area contributed by atoms with E-state index in [1.165, 1.54) is 31.7 Å². The van der Waals surface area contributed by atoms with Crippen LogP contribution in [0.4, 0.5) is 5.69 Å². The second kappa shape index (κ2) is 7.70. The molecule has 0 fully saturated rings. The molecule has 0 saturated carbocycles. The topological polar surface area (TPSA) is 106 Å². The van der Waals surface area contributed by atoms with Crippen molar-refractivity contribution in [3.63, 3.8) is 0 Å². The molecule has 2 amide bonds. The maximum absolute atomic E-state index is 12.5. The molecule has 0 aliphatic heterocycles. The van der Waals surface area contributed by atoms with E-state index in [0.29, 0.717) is 32.7 Å². The smallest absolute Gasteiger partial charge is 0.267 e. The molecule has 2 heterocycles. The van der Waals surface area contributed by atoms with Gasteiger partial charge < -0.3 is 15.4 Å². The number of nitrogens with zero attached hydrogens (tertiary/aromatic N) is 3. The number of aromatic nitrogens is 3. The van der Waals surface area contributed by atoms with Crippen LogP contribution in [0.3, 0.4) is 0 Å². The summed E-state index contributed by atoms with van der Waals surface area (Å²) in [6, 6.07) is 6.50. The van der Waals surface area contributed by atoms with E-state index in [2.05, 4.69) is 25.6 Å². The second-order valence-electron chi connectivity index (χ2n) is 5.05. The molecule has 1 aromatic carbocycles. The fourth-order valence-corrected chi connectivity index (χ4v) is 2.93. The van der Waals surface area contributed by atoms with Crippen molar-refractivity contribution in [2.45, 2.75) is 0 Å². The SMILES string of the molecule is CNC(=O)c1ccc(OC)c(NC(=O)c2cnc(-c3ncccn3)s2)c1. The molecular weight excluding hydrogens is 354 g/mol. The lowest BCUT2D eigenvalue weighted by atomic mass is 10.1. The van der Waals surface area contributed by atoms with Gasteiger partial charge in [-0.25, -0.2) is 15.0 Å². The third-order valence-electron chi connectivity index (χ3n) is 3.42. The molecule has 0 aliphatic rings. The Hall–Kier alpha value is -3.33. The van der Waals surface area contributed by atoms with E-state index < -0.39 is 0 Å². The summed E-state index contributed by atoms with van der Waals surface area (Å²) in [5, 5.41) is 5.83. The summed E-state index contributed by atoms with van der Waals surface area (Å²) < 4.78 is 5.25. The van der Waals surface area contributed by atoms with Crippen LogP contribution in [-0.2, 0) is 0 Å². The molecule has 0 aliphatic carbocycles. The fraction of sp³-hybridized carbons (Fsp3) is 0.118. The van der Waals surface area contributed by atoms with Crippen LogP contribution in [0.5, 0.6) is 5.75 Å². The van der Waals surface area contributed by atoms with Crippen LogP contribution in [-0.4, -0.2) is 40.9 Å². The lowest BCUT2D eigenvalue weighted by molar-refractivity contribution is 0.0961. The van der Waals surface area contributed by atoms with Crippen molar-refractivity contribution >= 4 is 28.8 Å². The molecule has 0 unspecified atom stereocenters. The zero-order chi connectivity index (χ0) is 18.5. The summed E-state index contributed by atoms with van der Waals surface area (Å²) in [6.45, 7) is 0. The number of carbonyl (C=O) groups is 2. The molecule has 3 rings (SSSR count). The highest BCUT2D eigenvalue weighted by molar-refractivity contribution is 7.16. The van der Waals surface area contributed by atoms with Gasteiger partial charge in [0.25, 0.3) is 11.8 Å². The minimum Gasteiger partial charge on any atom is -0.495 e. The van der Waals surface area contributed by atoms with E-state index >= 15 is 0 Å². The van der Waals surface area contributed by atoms with Gasteiger partial charge in [0, 0.05) is 25.0 Å². The Balaban J connectivity index is 1.84. The molecule has 0 saturated heterocycles. The minimum absolute atomic E-state index is 0.260. The van der Waals surface area contributed by atoms with Crippen LogP contribution in [0.15, 0.2) is 42.9 Å². The Labute approximate surface area is 153 Å². The molecule has 132 valence electrons. The number of hydrogen-bond donors (Lipinski definition) is 2. The number of nitrogens with one attached hydrogen (secondary N) is 2. The van der Waals surface area contributed by atoms with Crippen molar-refractivity contribution in [3.8, 4) is 16.6 Å². The maximum atomic E-state index is 12.5. The number of amides is 2. The number of thiazole rings is 1. The van der Waals surface area contributed by atoms with Gasteiger partial charge in [-0.15, -0.1) is 11.3 Å². The Kier molecular flexibility index (Phi) is 5.18. The van der Waals surface area contributed by atoms with Gasteiger partial charge in [0.1, 0.15) is 10.6 Å². The first-order valence-electron chi connectivity index (χ1n) is 7.57. The summed E-state index contributed by atoms with van der Waals surface area (Å²) in [6.07, 6.45) is 4.68. The predicted molar refractivity (Wildman–Crippen MR) is 97.5 cm³/mol. The number of ether oxygens (including phenoxy) is 1. The summed E-state index contributed by atoms with van der Waals surface area (Å²) in [4.78, 5) is 37.1.